The van der Waals surface area contributed by atoms with Crippen LogP contribution in [0, 0.1) is 5.82 Å². The Kier molecular flexibility index (Phi) is 6.89. The van der Waals surface area contributed by atoms with E-state index in [0.717, 1.165) is 23.3 Å². The second-order valence-electron chi connectivity index (χ2n) is 6.71. The van der Waals surface area contributed by atoms with Crippen LogP contribution in [0.4, 0.5) is 23.2 Å². The number of nitrogens with zero attached hydrogens (tertiary/aromatic N) is 1. The highest BCUT2D eigenvalue weighted by Crippen LogP contribution is 2.30. The lowest BCUT2D eigenvalue weighted by Crippen LogP contribution is -2.23. The molecule has 3 aromatic carbocycles. The van der Waals surface area contributed by atoms with Gasteiger partial charge in [-0.25, -0.2) is 4.39 Å². The van der Waals surface area contributed by atoms with E-state index in [1.54, 1.807) is 14.2 Å². The molecule has 0 aromatic heterocycles. The first kappa shape index (κ1) is 22.3. The predicted molar refractivity (Wildman–Crippen MR) is 109 cm³/mol. The van der Waals surface area contributed by atoms with Crippen LogP contribution >= 0.6 is 0 Å². The molecule has 4 nitrogen and oxygen atoms in total. The molecule has 0 radical (unpaired) electrons. The molecule has 0 amide bonds. The van der Waals surface area contributed by atoms with Crippen molar-refractivity contribution in [1.29, 1.82) is 0 Å². The summed E-state index contributed by atoms with van der Waals surface area (Å²) in [6.45, 7) is 0.796. The first-order chi connectivity index (χ1) is 14.8. The van der Waals surface area contributed by atoms with Gasteiger partial charge in [0.2, 0.25) is 0 Å². The van der Waals surface area contributed by atoms with Gasteiger partial charge in [0.15, 0.2) is 11.6 Å². The van der Waals surface area contributed by atoms with Gasteiger partial charge < -0.3 is 19.1 Å². The van der Waals surface area contributed by atoms with Crippen LogP contribution in [0.5, 0.6) is 17.2 Å². The van der Waals surface area contributed by atoms with E-state index in [0.29, 0.717) is 30.3 Å². The van der Waals surface area contributed by atoms with Crippen LogP contribution < -0.4 is 19.1 Å². The molecule has 0 heterocycles. The molecule has 0 atom stereocenters. The van der Waals surface area contributed by atoms with Crippen molar-refractivity contribution in [3.8, 4) is 17.2 Å². The van der Waals surface area contributed by atoms with E-state index in [1.807, 2.05) is 53.4 Å². The molecule has 164 valence electrons. The number of methoxy groups -OCH3 is 2. The van der Waals surface area contributed by atoms with E-state index in [-0.39, 0.29) is 0 Å². The van der Waals surface area contributed by atoms with Crippen molar-refractivity contribution in [3.05, 3.63) is 83.7 Å². The highest BCUT2D eigenvalue weighted by molar-refractivity contribution is 5.51. The number of alkyl halides is 3. The number of ether oxygens (including phenoxy) is 3. The van der Waals surface area contributed by atoms with Crippen LogP contribution in [0.15, 0.2) is 66.7 Å². The molecule has 3 rings (SSSR count). The summed E-state index contributed by atoms with van der Waals surface area (Å²) in [5.74, 6) is -0.565. The van der Waals surface area contributed by atoms with Gasteiger partial charge >= 0.3 is 6.36 Å². The molecule has 0 aliphatic rings. The highest BCUT2D eigenvalue weighted by Gasteiger charge is 2.32. The number of hydrogen-bond donors (Lipinski definition) is 0. The molecule has 0 saturated carbocycles. The zero-order valence-electron chi connectivity index (χ0n) is 16.9. The van der Waals surface area contributed by atoms with E-state index >= 15 is 0 Å². The maximum Gasteiger partial charge on any atom is 0.573 e. The van der Waals surface area contributed by atoms with Crippen LogP contribution in [0.1, 0.15) is 11.1 Å². The van der Waals surface area contributed by atoms with Gasteiger partial charge in [-0.05, 0) is 47.5 Å². The Balaban J connectivity index is 1.88. The third kappa shape index (κ3) is 6.28. The van der Waals surface area contributed by atoms with E-state index < -0.39 is 17.9 Å². The number of halogens is 4. The maximum atomic E-state index is 14.3. The molecule has 0 saturated heterocycles. The van der Waals surface area contributed by atoms with E-state index in [2.05, 4.69) is 4.74 Å². The highest BCUT2D eigenvalue weighted by atomic mass is 19.4. The van der Waals surface area contributed by atoms with Crippen molar-refractivity contribution in [1.82, 2.24) is 0 Å². The lowest BCUT2D eigenvalue weighted by atomic mass is 10.1. The molecule has 8 heteroatoms. The van der Waals surface area contributed by atoms with Gasteiger partial charge in [0.05, 0.1) is 14.2 Å². The van der Waals surface area contributed by atoms with Crippen molar-refractivity contribution in [3.63, 3.8) is 0 Å². The van der Waals surface area contributed by atoms with Gasteiger partial charge in [-0.3, -0.25) is 0 Å². The van der Waals surface area contributed by atoms with Gasteiger partial charge in [0.1, 0.15) is 11.5 Å². The number of benzene rings is 3. The Hall–Kier alpha value is -3.42. The van der Waals surface area contributed by atoms with Crippen LogP contribution in [-0.2, 0) is 13.1 Å². The van der Waals surface area contributed by atoms with Crippen molar-refractivity contribution < 1.29 is 31.8 Å². The topological polar surface area (TPSA) is 30.9 Å². The largest absolute Gasteiger partial charge is 0.573 e. The maximum absolute atomic E-state index is 14.3. The van der Waals surface area contributed by atoms with Crippen molar-refractivity contribution in [2.75, 3.05) is 19.1 Å². The van der Waals surface area contributed by atoms with Crippen LogP contribution in [-0.4, -0.2) is 20.6 Å². The monoisotopic (exact) mass is 435 g/mol. The molecule has 0 bridgehead atoms. The van der Waals surface area contributed by atoms with Crippen LogP contribution in [0.2, 0.25) is 0 Å². The molecule has 0 N–H and O–H groups in total. The van der Waals surface area contributed by atoms with E-state index in [9.17, 15) is 17.6 Å². The third-order valence-corrected chi connectivity index (χ3v) is 4.57. The summed E-state index contributed by atoms with van der Waals surface area (Å²) < 4.78 is 65.8. The first-order valence-corrected chi connectivity index (χ1v) is 9.33. The summed E-state index contributed by atoms with van der Waals surface area (Å²) in [6.07, 6.45) is -4.96. The molecule has 0 fully saturated rings. The molecule has 0 unspecified atom stereocenters. The van der Waals surface area contributed by atoms with Gasteiger partial charge in [0, 0.05) is 24.8 Å². The minimum atomic E-state index is -4.96. The smallest absolute Gasteiger partial charge is 0.497 e. The average molecular weight is 435 g/mol. The zero-order chi connectivity index (χ0) is 22.4. The Morgan fingerprint density at radius 1 is 0.742 bits per heavy atom. The summed E-state index contributed by atoms with van der Waals surface area (Å²) in [4.78, 5) is 1.85. The Morgan fingerprint density at radius 3 is 1.61 bits per heavy atom. The SMILES string of the molecule is COc1ccc(CN(Cc2ccc(OC)cc2)c2ccc(OC(F)(F)F)c(F)c2)cc1. The fourth-order valence-electron chi connectivity index (χ4n) is 3.04. The third-order valence-electron chi connectivity index (χ3n) is 4.57. The van der Waals surface area contributed by atoms with E-state index in [1.165, 1.54) is 6.07 Å². The Bertz CT molecular complexity index is 940. The second kappa shape index (κ2) is 9.59. The Labute approximate surface area is 177 Å². The van der Waals surface area contributed by atoms with Gasteiger partial charge in [-0.2, -0.15) is 0 Å². The number of hydrogen-bond acceptors (Lipinski definition) is 4. The van der Waals surface area contributed by atoms with Crippen molar-refractivity contribution in [2.45, 2.75) is 19.5 Å². The fourth-order valence-corrected chi connectivity index (χ4v) is 3.04. The van der Waals surface area contributed by atoms with Crippen molar-refractivity contribution in [2.24, 2.45) is 0 Å². The quantitative estimate of drug-likeness (QED) is 0.409. The van der Waals surface area contributed by atoms with Crippen LogP contribution in [0.3, 0.4) is 0 Å². The van der Waals surface area contributed by atoms with E-state index in [4.69, 9.17) is 9.47 Å². The molecule has 3 aromatic rings. The standard InChI is InChI=1S/C23H21F4NO3/c1-29-19-8-3-16(4-9-19)14-28(15-17-5-10-20(30-2)11-6-17)18-7-12-22(21(24)13-18)31-23(25,26)27/h3-13H,14-15H2,1-2H3. The lowest BCUT2D eigenvalue weighted by molar-refractivity contribution is -0.275. The minimum Gasteiger partial charge on any atom is -0.497 e. The first-order valence-electron chi connectivity index (χ1n) is 9.33. The molecule has 0 aliphatic heterocycles. The molecule has 0 spiro atoms. The molecular formula is C23H21F4NO3. The van der Waals surface area contributed by atoms with Gasteiger partial charge in [-0.1, -0.05) is 24.3 Å². The summed E-state index contributed by atoms with van der Waals surface area (Å²) in [7, 11) is 3.14. The summed E-state index contributed by atoms with van der Waals surface area (Å²) >= 11 is 0. The lowest BCUT2D eigenvalue weighted by Gasteiger charge is -2.26. The van der Waals surface area contributed by atoms with Crippen LogP contribution in [0.25, 0.3) is 0 Å². The minimum absolute atomic E-state index is 0.398. The summed E-state index contributed by atoms with van der Waals surface area (Å²) in [5, 5.41) is 0. The second-order valence-corrected chi connectivity index (χ2v) is 6.71. The fraction of sp³-hybridized carbons (Fsp3) is 0.217. The van der Waals surface area contributed by atoms with Gasteiger partial charge in [-0.15, -0.1) is 13.2 Å². The van der Waals surface area contributed by atoms with Gasteiger partial charge in [0.25, 0.3) is 0 Å². The average Bonchev–Trinajstić information content (AvgIpc) is 2.75. The molecular weight excluding hydrogens is 414 g/mol. The normalized spacial score (nSPS) is 11.2. The zero-order valence-corrected chi connectivity index (χ0v) is 16.9. The predicted octanol–water partition coefficient (Wildman–Crippen LogP) is 5.95. The molecule has 0 aliphatic carbocycles. The summed E-state index contributed by atoms with van der Waals surface area (Å²) in [5.41, 5.74) is 2.26. The number of anilines is 1. The van der Waals surface area contributed by atoms with Crippen molar-refractivity contribution >= 4 is 5.69 Å². The Morgan fingerprint density at radius 2 is 1.23 bits per heavy atom. The number of rotatable bonds is 8. The summed E-state index contributed by atoms with van der Waals surface area (Å²) in [6, 6.07) is 18.1. The molecule has 31 heavy (non-hydrogen) atoms.